The largest absolute Gasteiger partial charge is 0.554 e. The number of carboxylic acid groups (broad SMARTS) is 2. The summed E-state index contributed by atoms with van der Waals surface area (Å²) >= 11 is 0. The number of methoxy groups -OCH3 is 1. The van der Waals surface area contributed by atoms with Crippen LogP contribution in [0.5, 0.6) is 0 Å². The molecule has 0 bridgehead atoms. The smallest absolute Gasteiger partial charge is 0.359 e. The number of aromatic nitrogens is 4. The Hall–Kier alpha value is -6.05. The molecule has 0 atom stereocenters. The summed E-state index contributed by atoms with van der Waals surface area (Å²) in [6, 6.07) is 7.91. The Morgan fingerprint density at radius 1 is 1.00 bits per heavy atom. The molecule has 19 heteroatoms. The number of piperidine rings is 1. The Labute approximate surface area is 357 Å². The van der Waals surface area contributed by atoms with Gasteiger partial charge in [-0.25, -0.2) is 18.6 Å². The minimum Gasteiger partial charge on any atom is -0.554 e. The zero-order valence-corrected chi connectivity index (χ0v) is 35.4. The third-order valence-electron chi connectivity index (χ3n) is 12.1. The molecule has 7 rings (SSSR count). The quantitative estimate of drug-likeness (QED) is 0.131. The molecule has 4 aromatic rings. The summed E-state index contributed by atoms with van der Waals surface area (Å²) in [4.78, 5) is 68.3. The Kier molecular flexibility index (Phi) is 14.5. The maximum absolute atomic E-state index is 15.6. The molecule has 3 aliphatic rings. The summed E-state index contributed by atoms with van der Waals surface area (Å²) in [7, 11) is 3.12. The number of ether oxygens (including phenoxy) is 1. The minimum absolute atomic E-state index is 0.0255. The molecule has 17 nitrogen and oxygen atoms in total. The van der Waals surface area contributed by atoms with Crippen LogP contribution in [0.3, 0.4) is 0 Å². The van der Waals surface area contributed by atoms with Crippen LogP contribution in [0, 0.1) is 37.3 Å². The van der Waals surface area contributed by atoms with Gasteiger partial charge in [0.15, 0.2) is 24.0 Å². The molecule has 332 valence electrons. The number of quaternary nitrogens is 1. The number of carboxylic acids is 1. The van der Waals surface area contributed by atoms with Crippen molar-refractivity contribution in [2.45, 2.75) is 33.2 Å². The van der Waals surface area contributed by atoms with E-state index in [1.54, 1.807) is 62.0 Å². The molecule has 3 fully saturated rings. The van der Waals surface area contributed by atoms with Gasteiger partial charge in [-0.05, 0) is 43.7 Å². The average molecular weight is 862 g/mol. The summed E-state index contributed by atoms with van der Waals surface area (Å²) in [5, 5.41) is 28.3. The molecule has 62 heavy (non-hydrogen) atoms. The summed E-state index contributed by atoms with van der Waals surface area (Å²) < 4.78 is 39.7. The van der Waals surface area contributed by atoms with E-state index >= 15 is 8.78 Å². The lowest BCUT2D eigenvalue weighted by molar-refractivity contribution is -0.929. The first-order valence-corrected chi connectivity index (χ1v) is 20.6. The number of rotatable bonds is 13. The molecule has 0 aliphatic carbocycles. The number of piperazine rings is 1. The molecular weight excluding hydrogens is 809 g/mol. The molecule has 5 heterocycles. The van der Waals surface area contributed by atoms with Gasteiger partial charge in [0.25, 0.3) is 11.8 Å². The van der Waals surface area contributed by atoms with Crippen molar-refractivity contribution in [3.8, 4) is 22.4 Å². The van der Waals surface area contributed by atoms with Crippen molar-refractivity contribution >= 4 is 35.9 Å². The zero-order valence-electron chi connectivity index (χ0n) is 35.4. The number of carbonyl (C=O) groups excluding carboxylic acids is 4. The number of aryl methyl sites for hydroxylation is 2. The number of halogens is 2. The van der Waals surface area contributed by atoms with Crippen LogP contribution < -0.4 is 15.7 Å². The number of likely N-dealkylation sites (tertiary alicyclic amines) is 1. The molecular formula is C43H53F2N9O8. The number of nitrogens with one attached hydrogen (secondary N) is 2. The van der Waals surface area contributed by atoms with Crippen LogP contribution in [0.15, 0.2) is 42.7 Å². The predicted octanol–water partition coefficient (Wildman–Crippen LogP) is 1.93. The fourth-order valence-corrected chi connectivity index (χ4v) is 8.71. The van der Waals surface area contributed by atoms with Gasteiger partial charge in [-0.3, -0.25) is 19.1 Å². The second-order valence-electron chi connectivity index (χ2n) is 16.2. The maximum atomic E-state index is 15.6. The molecule has 0 unspecified atom stereocenters. The van der Waals surface area contributed by atoms with Crippen LogP contribution in [0.2, 0.25) is 0 Å². The van der Waals surface area contributed by atoms with Gasteiger partial charge in [0.1, 0.15) is 0 Å². The number of benzene rings is 2. The summed E-state index contributed by atoms with van der Waals surface area (Å²) in [6.45, 7) is 9.59. The van der Waals surface area contributed by atoms with Crippen LogP contribution in [0.4, 0.5) is 14.5 Å². The van der Waals surface area contributed by atoms with E-state index < -0.39 is 30.0 Å². The molecule has 0 saturated carbocycles. The first-order valence-electron chi connectivity index (χ1n) is 20.6. The number of amides is 3. The van der Waals surface area contributed by atoms with Crippen LogP contribution in [-0.4, -0.2) is 148 Å². The summed E-state index contributed by atoms with van der Waals surface area (Å²) in [5.74, 6) is -3.28. The van der Waals surface area contributed by atoms with Gasteiger partial charge in [-0.15, -0.1) is 0 Å². The van der Waals surface area contributed by atoms with Crippen molar-refractivity contribution in [1.82, 2.24) is 34.4 Å². The highest BCUT2D eigenvalue weighted by Gasteiger charge is 2.42. The van der Waals surface area contributed by atoms with Crippen molar-refractivity contribution in [3.05, 3.63) is 77.0 Å². The third kappa shape index (κ3) is 10.0. The zero-order chi connectivity index (χ0) is 44.7. The number of anilines is 1. The number of aliphatic carboxylic acids is 1. The highest BCUT2D eigenvalue weighted by atomic mass is 19.2. The van der Waals surface area contributed by atoms with Crippen LogP contribution in [-0.2, 0) is 32.7 Å². The van der Waals surface area contributed by atoms with E-state index in [4.69, 9.17) is 14.6 Å². The van der Waals surface area contributed by atoms with E-state index in [0.717, 1.165) is 19.6 Å². The number of hydrogen-bond acceptors (Lipinski definition) is 10. The molecule has 3 N–H and O–H groups in total. The first kappa shape index (κ1) is 45.5. The SMILES string of the molecule is COCCn1cc(-c2ccc(-c3cnc(C(=O)Nc4ccc(C(=O)N5CCN(C(=O)C6CC[N+](CC(=O)O)(CC7CNC7)CC6)CC5)c(C)c4)n3C)c(F)c2F)c(C)n1.O=C[O-]. The number of carbonyl (C=O) groups is 5. The van der Waals surface area contributed by atoms with Gasteiger partial charge in [0, 0.05) is 119 Å². The Bertz CT molecular complexity index is 2290. The normalized spacial score (nSPS) is 19.0. The number of nitrogens with zero attached hydrogens (tertiary/aromatic N) is 7. The third-order valence-corrected chi connectivity index (χ3v) is 12.1. The number of imidazole rings is 1. The highest BCUT2D eigenvalue weighted by Crippen LogP contribution is 2.33. The standard InChI is InChI=1S/C42H51F2N9O6.CH2O2/c1-26-19-30(47-40(56)39-46-22-35(49(39)3)33-8-7-32(37(43)38(33)44)34-23-52(15-18-59-4)48-27(34)2)5-6-31(26)42(58)51-13-11-50(12-14-51)41(57)29-9-16-53(17-10-29,25-36(54)55)24-28-20-45-21-28;2-1-3/h5-8,19,22-23,28-29,45H,9-18,20-21,24-25H2,1-4H3,(H-,47,54,55,56,58);1H,(H,2,3). The lowest BCUT2D eigenvalue weighted by atomic mass is 9.90. The molecule has 3 saturated heterocycles. The fourth-order valence-electron chi connectivity index (χ4n) is 8.71. The predicted molar refractivity (Wildman–Crippen MR) is 221 cm³/mol. The summed E-state index contributed by atoms with van der Waals surface area (Å²) in [5.41, 5.74) is 2.76. The van der Waals surface area contributed by atoms with E-state index in [2.05, 4.69) is 20.7 Å². The molecule has 0 spiro atoms. The van der Waals surface area contributed by atoms with Crippen molar-refractivity contribution in [2.24, 2.45) is 18.9 Å². The second-order valence-corrected chi connectivity index (χ2v) is 16.2. The summed E-state index contributed by atoms with van der Waals surface area (Å²) in [6.07, 6.45) is 4.28. The average Bonchev–Trinajstić information content (AvgIpc) is 3.80. The minimum atomic E-state index is -1.08. The molecule has 3 aliphatic heterocycles. The Balaban J connectivity index is 0.00000208. The van der Waals surface area contributed by atoms with E-state index in [0.29, 0.717) is 104 Å². The van der Waals surface area contributed by atoms with Gasteiger partial charge in [0.05, 0.1) is 50.4 Å². The Morgan fingerprint density at radius 2 is 1.65 bits per heavy atom. The van der Waals surface area contributed by atoms with Crippen LogP contribution >= 0.6 is 0 Å². The van der Waals surface area contributed by atoms with Gasteiger partial charge in [0.2, 0.25) is 5.91 Å². The van der Waals surface area contributed by atoms with Crippen molar-refractivity contribution in [1.29, 1.82) is 0 Å². The van der Waals surface area contributed by atoms with E-state index in [1.807, 2.05) is 4.90 Å². The maximum Gasteiger partial charge on any atom is 0.359 e. The topological polar surface area (TPSA) is 204 Å². The van der Waals surface area contributed by atoms with Crippen molar-refractivity contribution < 1.29 is 52.2 Å². The lowest BCUT2D eigenvalue weighted by Gasteiger charge is -2.46. The van der Waals surface area contributed by atoms with E-state index in [1.165, 1.54) is 22.9 Å². The van der Waals surface area contributed by atoms with Crippen LogP contribution in [0.25, 0.3) is 22.4 Å². The lowest BCUT2D eigenvalue weighted by Crippen LogP contribution is -2.62. The molecule has 3 amide bonds. The fraction of sp³-hybridized carbons (Fsp3) is 0.465. The van der Waals surface area contributed by atoms with Crippen molar-refractivity contribution in [3.63, 3.8) is 0 Å². The van der Waals surface area contributed by atoms with E-state index in [9.17, 15) is 24.3 Å². The molecule has 2 aromatic carbocycles. The van der Waals surface area contributed by atoms with Crippen LogP contribution in [0.1, 0.15) is 45.1 Å². The molecule has 0 radical (unpaired) electrons. The van der Waals surface area contributed by atoms with Gasteiger partial charge in [-0.1, -0.05) is 6.07 Å². The van der Waals surface area contributed by atoms with Gasteiger partial charge in [-0.2, -0.15) is 5.10 Å². The first-order chi connectivity index (χ1) is 29.7. The highest BCUT2D eigenvalue weighted by molar-refractivity contribution is 6.03. The monoisotopic (exact) mass is 861 g/mol. The number of hydrogen-bond donors (Lipinski definition) is 3. The second kappa shape index (κ2) is 19.8. The molecule has 2 aromatic heterocycles. The Morgan fingerprint density at radius 3 is 2.26 bits per heavy atom. The van der Waals surface area contributed by atoms with Gasteiger partial charge >= 0.3 is 5.97 Å². The van der Waals surface area contributed by atoms with Gasteiger partial charge < -0.3 is 49.2 Å². The van der Waals surface area contributed by atoms with Crippen molar-refractivity contribution in [2.75, 3.05) is 84.5 Å². The van der Waals surface area contributed by atoms with E-state index in [-0.39, 0.29) is 46.9 Å².